The molecule has 1 saturated carbocycles. The van der Waals surface area contributed by atoms with Crippen LogP contribution < -0.4 is 10.9 Å². The van der Waals surface area contributed by atoms with Crippen molar-refractivity contribution in [3.05, 3.63) is 27.9 Å². The number of nitrogens with zero attached hydrogens (tertiary/aromatic N) is 4. The zero-order valence-corrected chi connectivity index (χ0v) is 14.5. The highest BCUT2D eigenvalue weighted by Gasteiger charge is 2.55. The Hall–Kier alpha value is -2.26. The number of amides is 1. The van der Waals surface area contributed by atoms with Crippen LogP contribution in [0.1, 0.15) is 17.9 Å². The Kier molecular flexibility index (Phi) is 3.84. The Balaban J connectivity index is 1.47. The van der Waals surface area contributed by atoms with Crippen molar-refractivity contribution in [3.8, 4) is 0 Å². The van der Waals surface area contributed by atoms with E-state index in [1.807, 2.05) is 14.1 Å². The van der Waals surface area contributed by atoms with Gasteiger partial charge in [-0.1, -0.05) is 0 Å². The van der Waals surface area contributed by atoms with Gasteiger partial charge in [0.05, 0.1) is 24.6 Å². The summed E-state index contributed by atoms with van der Waals surface area (Å²) in [4.78, 5) is 34.9. The van der Waals surface area contributed by atoms with E-state index in [4.69, 9.17) is 4.74 Å². The highest BCUT2D eigenvalue weighted by Crippen LogP contribution is 2.41. The number of aromatic nitrogens is 4. The van der Waals surface area contributed by atoms with E-state index in [-0.39, 0.29) is 41.9 Å². The van der Waals surface area contributed by atoms with Gasteiger partial charge < -0.3 is 15.0 Å². The molecule has 2 aliphatic rings. The predicted octanol–water partition coefficient (Wildman–Crippen LogP) is -0.898. The number of aromatic amines is 1. The molecule has 2 N–H and O–H groups in total. The zero-order chi connectivity index (χ0) is 17.7. The minimum absolute atomic E-state index is 0.0801. The zero-order valence-electron chi connectivity index (χ0n) is 14.5. The molecule has 1 aliphatic heterocycles. The number of carbonyl (C=O) groups excluding carboxylic acids is 1. The van der Waals surface area contributed by atoms with Crippen molar-refractivity contribution in [3.63, 3.8) is 0 Å². The van der Waals surface area contributed by atoms with E-state index in [9.17, 15) is 9.59 Å². The molecular weight excluding hydrogens is 324 g/mol. The molecule has 134 valence electrons. The molecule has 0 radical (unpaired) electrons. The van der Waals surface area contributed by atoms with Gasteiger partial charge in [0.2, 0.25) is 5.91 Å². The second kappa shape index (κ2) is 5.92. The van der Waals surface area contributed by atoms with Gasteiger partial charge in [-0.25, -0.2) is 4.98 Å². The summed E-state index contributed by atoms with van der Waals surface area (Å²) < 4.78 is 7.01. The summed E-state index contributed by atoms with van der Waals surface area (Å²) in [5.74, 6) is 0.963. The molecule has 1 amide bonds. The monoisotopic (exact) mass is 346 g/mol. The van der Waals surface area contributed by atoms with Crippen molar-refractivity contribution >= 4 is 11.7 Å². The first-order chi connectivity index (χ1) is 11.9. The summed E-state index contributed by atoms with van der Waals surface area (Å²) in [5.41, 5.74) is 0.363. The van der Waals surface area contributed by atoms with E-state index < -0.39 is 0 Å². The van der Waals surface area contributed by atoms with Gasteiger partial charge in [-0.2, -0.15) is 9.50 Å². The average Bonchev–Trinajstić information content (AvgIpc) is 3.08. The molecule has 9 heteroatoms. The smallest absolute Gasteiger partial charge is 0.274 e. The first kappa shape index (κ1) is 16.2. The van der Waals surface area contributed by atoms with Crippen LogP contribution in [0.2, 0.25) is 0 Å². The SMILES string of the molecule is Cc1cc(=O)n2[nH]c(CC(=O)N[C@@H]3[C@@H]4CCO[C@@H]4[C@H]3N(C)C)nc2n1. The number of likely N-dealkylation sites (N-methyl/N-ethyl adjacent to an activating group) is 1. The largest absolute Gasteiger partial charge is 0.376 e. The van der Waals surface area contributed by atoms with Crippen molar-refractivity contribution in [2.75, 3.05) is 20.7 Å². The van der Waals surface area contributed by atoms with Crippen LogP contribution in [0.3, 0.4) is 0 Å². The predicted molar refractivity (Wildman–Crippen MR) is 89.3 cm³/mol. The van der Waals surface area contributed by atoms with E-state index in [1.165, 1.54) is 10.6 Å². The lowest BCUT2D eigenvalue weighted by Crippen LogP contribution is -2.69. The van der Waals surface area contributed by atoms with Crippen molar-refractivity contribution in [1.82, 2.24) is 29.8 Å². The maximum Gasteiger partial charge on any atom is 0.274 e. The van der Waals surface area contributed by atoms with Gasteiger partial charge in [0.15, 0.2) is 0 Å². The normalized spacial score (nSPS) is 28.2. The van der Waals surface area contributed by atoms with Crippen molar-refractivity contribution in [2.24, 2.45) is 5.92 Å². The Labute approximate surface area is 144 Å². The average molecular weight is 346 g/mol. The van der Waals surface area contributed by atoms with Gasteiger partial charge in [0.25, 0.3) is 11.3 Å². The molecule has 0 aromatic carbocycles. The lowest BCUT2D eigenvalue weighted by atomic mass is 9.71. The molecule has 1 saturated heterocycles. The number of fused-ring (bicyclic) bond motifs is 2. The Bertz CT molecular complexity index is 872. The van der Waals surface area contributed by atoms with Crippen LogP contribution >= 0.6 is 0 Å². The molecule has 2 aromatic heterocycles. The molecule has 25 heavy (non-hydrogen) atoms. The van der Waals surface area contributed by atoms with E-state index in [0.29, 0.717) is 17.4 Å². The molecule has 0 spiro atoms. The quantitative estimate of drug-likeness (QED) is 0.744. The van der Waals surface area contributed by atoms with Gasteiger partial charge >= 0.3 is 0 Å². The fourth-order valence-electron chi connectivity index (χ4n) is 3.99. The summed E-state index contributed by atoms with van der Waals surface area (Å²) >= 11 is 0. The third-order valence-electron chi connectivity index (χ3n) is 5.11. The first-order valence-corrected chi connectivity index (χ1v) is 8.47. The van der Waals surface area contributed by atoms with Crippen molar-refractivity contribution < 1.29 is 9.53 Å². The van der Waals surface area contributed by atoms with Gasteiger partial charge in [-0.3, -0.25) is 14.7 Å². The summed E-state index contributed by atoms with van der Waals surface area (Å²) in [6.07, 6.45) is 1.26. The fourth-order valence-corrected chi connectivity index (χ4v) is 3.99. The third kappa shape index (κ3) is 2.73. The minimum atomic E-state index is -0.237. The molecule has 2 fully saturated rings. The summed E-state index contributed by atoms with van der Waals surface area (Å²) in [6.45, 7) is 2.49. The van der Waals surface area contributed by atoms with Gasteiger partial charge in [0, 0.05) is 24.3 Å². The highest BCUT2D eigenvalue weighted by molar-refractivity contribution is 5.78. The molecule has 4 rings (SSSR count). The van der Waals surface area contributed by atoms with Crippen LogP contribution in [0.5, 0.6) is 0 Å². The van der Waals surface area contributed by atoms with Crippen LogP contribution in [0, 0.1) is 12.8 Å². The third-order valence-corrected chi connectivity index (χ3v) is 5.11. The van der Waals surface area contributed by atoms with Crippen molar-refractivity contribution in [2.45, 2.75) is 38.0 Å². The number of aryl methyl sites for hydroxylation is 1. The Morgan fingerprint density at radius 3 is 3.04 bits per heavy atom. The van der Waals surface area contributed by atoms with E-state index in [1.54, 1.807) is 6.92 Å². The number of nitrogens with one attached hydrogen (secondary N) is 2. The van der Waals surface area contributed by atoms with Crippen LogP contribution in [0.15, 0.2) is 10.9 Å². The molecule has 0 bridgehead atoms. The first-order valence-electron chi connectivity index (χ1n) is 8.47. The summed E-state index contributed by atoms with van der Waals surface area (Å²) in [7, 11) is 4.00. The molecule has 9 nitrogen and oxygen atoms in total. The Morgan fingerprint density at radius 1 is 1.48 bits per heavy atom. The number of hydrogen-bond acceptors (Lipinski definition) is 6. The van der Waals surface area contributed by atoms with E-state index in [2.05, 4.69) is 25.3 Å². The number of H-pyrrole nitrogens is 1. The van der Waals surface area contributed by atoms with Crippen LogP contribution in [-0.2, 0) is 16.0 Å². The maximum atomic E-state index is 12.5. The second-order valence-electron chi connectivity index (χ2n) is 7.05. The molecule has 4 atom stereocenters. The Morgan fingerprint density at radius 2 is 2.28 bits per heavy atom. The number of ether oxygens (including phenoxy) is 1. The van der Waals surface area contributed by atoms with Crippen LogP contribution in [0.4, 0.5) is 0 Å². The fraction of sp³-hybridized carbons (Fsp3) is 0.625. The number of carbonyl (C=O) groups is 1. The van der Waals surface area contributed by atoms with Gasteiger partial charge in [-0.15, -0.1) is 0 Å². The lowest BCUT2D eigenvalue weighted by Gasteiger charge is -2.50. The lowest BCUT2D eigenvalue weighted by molar-refractivity contribution is -0.127. The molecule has 2 aromatic rings. The maximum absolute atomic E-state index is 12.5. The van der Waals surface area contributed by atoms with Gasteiger partial charge in [-0.05, 0) is 27.4 Å². The minimum Gasteiger partial charge on any atom is -0.376 e. The van der Waals surface area contributed by atoms with Crippen LogP contribution in [-0.4, -0.2) is 69.3 Å². The second-order valence-corrected chi connectivity index (χ2v) is 7.05. The summed E-state index contributed by atoms with van der Waals surface area (Å²) in [6, 6.07) is 1.70. The van der Waals surface area contributed by atoms with E-state index in [0.717, 1.165) is 13.0 Å². The van der Waals surface area contributed by atoms with Crippen molar-refractivity contribution in [1.29, 1.82) is 0 Å². The standard InChI is InChI=1S/C16H22N6O3/c1-8-6-12(24)22-16(17-8)18-10(20-22)7-11(23)19-13-9-4-5-25-15(9)14(13)21(2)3/h6,9,13-15H,4-5,7H2,1-3H3,(H,19,23)(H,17,18,20)/t9-,13+,14-,15-/m0/s1. The highest BCUT2D eigenvalue weighted by atomic mass is 16.5. The molecular formula is C16H22N6O3. The number of rotatable bonds is 4. The molecule has 3 heterocycles. The van der Waals surface area contributed by atoms with Crippen LogP contribution in [0.25, 0.3) is 5.78 Å². The molecule has 0 unspecified atom stereocenters. The topological polar surface area (TPSA) is 105 Å². The van der Waals surface area contributed by atoms with Gasteiger partial charge in [0.1, 0.15) is 5.82 Å². The van der Waals surface area contributed by atoms with E-state index >= 15 is 0 Å². The molecule has 1 aliphatic carbocycles. The summed E-state index contributed by atoms with van der Waals surface area (Å²) in [5, 5.41) is 5.96. The number of hydrogen-bond donors (Lipinski definition) is 2.